The van der Waals surface area contributed by atoms with Gasteiger partial charge < -0.3 is 15.4 Å². The zero-order chi connectivity index (χ0) is 20.4. The van der Waals surface area contributed by atoms with Crippen LogP contribution in [0.15, 0.2) is 35.5 Å². The summed E-state index contributed by atoms with van der Waals surface area (Å²) >= 11 is 5.11. The molecule has 0 aliphatic carbocycles. The van der Waals surface area contributed by atoms with E-state index in [0.717, 1.165) is 6.07 Å². The molecule has 0 radical (unpaired) electrons. The first kappa shape index (κ1) is 20.9. The summed E-state index contributed by atoms with van der Waals surface area (Å²) in [6.45, 7) is 4.98. The maximum atomic E-state index is 13.5. The molecule has 27 heavy (non-hydrogen) atoms. The van der Waals surface area contributed by atoms with Gasteiger partial charge in [-0.3, -0.25) is 4.79 Å². The Morgan fingerprint density at radius 3 is 2.44 bits per heavy atom. The number of allylic oxidation sites excluding steroid dienone is 1. The van der Waals surface area contributed by atoms with Crippen LogP contribution in [0.5, 0.6) is 0 Å². The van der Waals surface area contributed by atoms with E-state index in [1.807, 2.05) is 0 Å². The molecule has 1 aliphatic heterocycles. The summed E-state index contributed by atoms with van der Waals surface area (Å²) in [5.74, 6) is -2.43. The van der Waals surface area contributed by atoms with Gasteiger partial charge in [0.1, 0.15) is 0 Å². The highest BCUT2D eigenvalue weighted by Gasteiger charge is 2.41. The summed E-state index contributed by atoms with van der Waals surface area (Å²) in [5, 5.41) is 5.55. The van der Waals surface area contributed by atoms with E-state index in [0.29, 0.717) is 5.70 Å². The lowest BCUT2D eigenvalue weighted by Crippen LogP contribution is -2.48. The molecule has 0 saturated heterocycles. The van der Waals surface area contributed by atoms with Gasteiger partial charge in [0, 0.05) is 5.70 Å². The quantitative estimate of drug-likeness (QED) is 0.449. The first-order valence-corrected chi connectivity index (χ1v) is 8.67. The van der Waals surface area contributed by atoms with Gasteiger partial charge in [0.25, 0.3) is 5.78 Å². The average molecular weight is 400 g/mol. The van der Waals surface area contributed by atoms with E-state index in [-0.39, 0.29) is 28.8 Å². The van der Waals surface area contributed by atoms with Gasteiger partial charge >= 0.3 is 12.1 Å². The normalized spacial score (nSPS) is 17.4. The molecule has 1 atom stereocenters. The predicted molar refractivity (Wildman–Crippen MR) is 96.6 cm³/mol. The van der Waals surface area contributed by atoms with Crippen molar-refractivity contribution in [3.63, 3.8) is 0 Å². The summed E-state index contributed by atoms with van der Waals surface area (Å²) < 4.78 is 45.2. The maximum Gasteiger partial charge on any atom is 0.416 e. The molecule has 1 aromatic carbocycles. The maximum absolute atomic E-state index is 13.5. The number of alkyl halides is 3. The summed E-state index contributed by atoms with van der Waals surface area (Å²) in [4.78, 5) is 24.8. The third kappa shape index (κ3) is 4.47. The van der Waals surface area contributed by atoms with Crippen LogP contribution in [-0.4, -0.2) is 23.5 Å². The summed E-state index contributed by atoms with van der Waals surface area (Å²) in [7, 11) is 0. The Hall–Kier alpha value is -2.42. The number of carbonyl (C=O) groups is 2. The number of hydrogen-bond acceptors (Lipinski definition) is 4. The minimum Gasteiger partial charge on any atom is -0.460 e. The zero-order valence-electron chi connectivity index (χ0n) is 14.9. The van der Waals surface area contributed by atoms with Crippen LogP contribution in [0.2, 0.25) is 0 Å². The van der Waals surface area contributed by atoms with Crippen LogP contribution in [0.1, 0.15) is 37.9 Å². The van der Waals surface area contributed by atoms with Crippen LogP contribution in [0.25, 0.3) is 0 Å². The van der Waals surface area contributed by atoms with Crippen molar-refractivity contribution < 1.29 is 27.5 Å². The summed E-state index contributed by atoms with van der Waals surface area (Å²) in [6, 6.07) is 3.63. The molecule has 9 heteroatoms. The van der Waals surface area contributed by atoms with Gasteiger partial charge in [-0.1, -0.05) is 32.0 Å². The molecule has 1 aromatic rings. The van der Waals surface area contributed by atoms with Gasteiger partial charge in [0.2, 0.25) is 0 Å². The highest BCUT2D eigenvalue weighted by molar-refractivity contribution is 7.80. The highest BCUT2D eigenvalue weighted by Crippen LogP contribution is 2.38. The number of nitrogens with one attached hydrogen (secondary N) is 2. The number of rotatable bonds is 5. The molecular formula is C18H19F3N2O3S. The van der Waals surface area contributed by atoms with Crippen molar-refractivity contribution in [2.75, 3.05) is 6.61 Å². The smallest absolute Gasteiger partial charge is 0.416 e. The average Bonchev–Trinajstić information content (AvgIpc) is 2.59. The molecular weight excluding hydrogens is 381 g/mol. The van der Waals surface area contributed by atoms with Gasteiger partial charge in [-0.15, -0.1) is 0 Å². The van der Waals surface area contributed by atoms with Crippen LogP contribution >= 0.6 is 12.2 Å². The number of carbonyl (C=O) groups excluding carboxylic acids is 2. The van der Waals surface area contributed by atoms with Crippen molar-refractivity contribution in [1.29, 1.82) is 0 Å². The van der Waals surface area contributed by atoms with Gasteiger partial charge in [-0.2, -0.15) is 13.2 Å². The van der Waals surface area contributed by atoms with Crippen molar-refractivity contribution in [1.82, 2.24) is 10.6 Å². The van der Waals surface area contributed by atoms with Crippen molar-refractivity contribution in [2.45, 2.75) is 33.0 Å². The molecule has 5 nitrogen and oxygen atoms in total. The lowest BCUT2D eigenvalue weighted by atomic mass is 9.86. The van der Waals surface area contributed by atoms with Crippen LogP contribution in [0.4, 0.5) is 13.2 Å². The number of esters is 1. The number of halogens is 3. The summed E-state index contributed by atoms with van der Waals surface area (Å²) in [6.07, 6.45) is -4.64. The molecule has 0 fully saturated rings. The molecule has 0 bridgehead atoms. The Bertz CT molecular complexity index is 803. The number of benzene rings is 1. The largest absolute Gasteiger partial charge is 0.460 e. The second-order valence-corrected chi connectivity index (χ2v) is 6.56. The molecule has 1 heterocycles. The number of ether oxygens (including phenoxy) is 1. The SMILES string of the molecule is CCOC(=O)C(=O)C1=C(C(C)C)NC(=S)N[C@H]1c1ccccc1C(F)(F)F. The number of Topliss-reactive ketones (excluding diaryl/α,β-unsaturated/α-hetero) is 1. The lowest BCUT2D eigenvalue weighted by Gasteiger charge is -2.33. The van der Waals surface area contributed by atoms with E-state index in [4.69, 9.17) is 17.0 Å². The van der Waals surface area contributed by atoms with E-state index in [1.165, 1.54) is 25.1 Å². The minimum atomic E-state index is -4.64. The fourth-order valence-electron chi connectivity index (χ4n) is 2.84. The molecule has 146 valence electrons. The van der Waals surface area contributed by atoms with Crippen molar-refractivity contribution >= 4 is 29.1 Å². The first-order chi connectivity index (χ1) is 12.6. The first-order valence-electron chi connectivity index (χ1n) is 8.27. The Morgan fingerprint density at radius 1 is 1.26 bits per heavy atom. The standard InChI is InChI=1S/C18H19F3N2O3S/c1-4-26-16(25)15(24)12-13(9(2)3)22-17(27)23-14(12)10-7-5-6-8-11(10)18(19,20)21/h5-9,14H,4H2,1-3H3,(H2,22,23,27)/t14-/m0/s1. The predicted octanol–water partition coefficient (Wildman–Crippen LogP) is 3.27. The van der Waals surface area contributed by atoms with E-state index in [2.05, 4.69) is 10.6 Å². The number of hydrogen-bond donors (Lipinski definition) is 2. The van der Waals surface area contributed by atoms with Crippen molar-refractivity contribution in [3.05, 3.63) is 46.7 Å². The summed E-state index contributed by atoms with van der Waals surface area (Å²) in [5.41, 5.74) is -0.948. The molecule has 2 N–H and O–H groups in total. The molecule has 1 aliphatic rings. The van der Waals surface area contributed by atoms with E-state index in [1.54, 1.807) is 13.8 Å². The van der Waals surface area contributed by atoms with Crippen molar-refractivity contribution in [2.24, 2.45) is 5.92 Å². The Kier molecular flexibility index (Phi) is 6.25. The Labute approximate surface area is 160 Å². The second-order valence-electron chi connectivity index (χ2n) is 6.15. The van der Waals surface area contributed by atoms with E-state index >= 15 is 0 Å². The zero-order valence-corrected chi connectivity index (χ0v) is 15.8. The van der Waals surface area contributed by atoms with Gasteiger partial charge in [-0.05, 0) is 36.7 Å². The Balaban J connectivity index is 2.69. The third-order valence-electron chi connectivity index (χ3n) is 3.96. The molecule has 0 saturated carbocycles. The van der Waals surface area contributed by atoms with Gasteiger partial charge in [0.05, 0.1) is 23.8 Å². The molecule has 0 aromatic heterocycles. The fourth-order valence-corrected chi connectivity index (χ4v) is 3.07. The molecule has 0 spiro atoms. The van der Waals surface area contributed by atoms with Gasteiger partial charge in [-0.25, -0.2) is 4.79 Å². The second kappa shape index (κ2) is 8.08. The molecule has 0 unspecified atom stereocenters. The minimum absolute atomic E-state index is 0.0298. The van der Waals surface area contributed by atoms with E-state index < -0.39 is 29.5 Å². The highest BCUT2D eigenvalue weighted by atomic mass is 32.1. The topological polar surface area (TPSA) is 67.4 Å². The van der Waals surface area contributed by atoms with Crippen LogP contribution in [-0.2, 0) is 20.5 Å². The van der Waals surface area contributed by atoms with Crippen LogP contribution < -0.4 is 10.6 Å². The van der Waals surface area contributed by atoms with Crippen LogP contribution in [0, 0.1) is 5.92 Å². The molecule has 0 amide bonds. The van der Waals surface area contributed by atoms with Crippen LogP contribution in [0.3, 0.4) is 0 Å². The monoisotopic (exact) mass is 400 g/mol. The fraction of sp³-hybridized carbons (Fsp3) is 0.389. The van der Waals surface area contributed by atoms with Gasteiger partial charge in [0.15, 0.2) is 5.11 Å². The van der Waals surface area contributed by atoms with Crippen molar-refractivity contribution in [3.8, 4) is 0 Å². The number of thiocarbonyl (C=S) groups is 1. The number of ketones is 1. The Morgan fingerprint density at radius 2 is 1.89 bits per heavy atom. The third-order valence-corrected chi connectivity index (χ3v) is 4.18. The van der Waals surface area contributed by atoms with E-state index in [9.17, 15) is 22.8 Å². The molecule has 2 rings (SSSR count). The lowest BCUT2D eigenvalue weighted by molar-refractivity contribution is -0.152.